The van der Waals surface area contributed by atoms with Gasteiger partial charge in [0.1, 0.15) is 0 Å². The van der Waals surface area contributed by atoms with Crippen molar-refractivity contribution in [2.75, 3.05) is 7.11 Å². The second-order valence-electron chi connectivity index (χ2n) is 2.43. The summed E-state index contributed by atoms with van der Waals surface area (Å²) in [4.78, 5) is 4.62. The summed E-state index contributed by atoms with van der Waals surface area (Å²) < 4.78 is 0.464. The maximum absolute atomic E-state index is 9.43. The second-order valence-corrected chi connectivity index (χ2v) is 3.28. The summed E-state index contributed by atoms with van der Waals surface area (Å²) in [5, 5.41) is 18.8. The average molecular weight is 248 g/mol. The number of benzene rings is 1. The zero-order valence-electron chi connectivity index (χ0n) is 7.04. The molecule has 13 heavy (non-hydrogen) atoms. The first-order valence-electron chi connectivity index (χ1n) is 3.62. The molecule has 4 nitrogen and oxygen atoms in total. The molecule has 0 saturated heterocycles. The molecular weight excluding hydrogens is 238 g/mol. The van der Waals surface area contributed by atoms with Crippen LogP contribution < -0.4 is 5.48 Å². The highest BCUT2D eigenvalue weighted by Crippen LogP contribution is 2.35. The molecule has 0 aliphatic rings. The molecule has 0 aliphatic carbocycles. The van der Waals surface area contributed by atoms with E-state index in [1.54, 1.807) is 12.1 Å². The van der Waals surface area contributed by atoms with Gasteiger partial charge in [-0.1, -0.05) is 6.07 Å². The fraction of sp³-hybridized carbons (Fsp3) is 0.250. The highest BCUT2D eigenvalue weighted by atomic mass is 79.9. The molecule has 0 radical (unpaired) electrons. The Kier molecular flexibility index (Phi) is 3.53. The minimum Gasteiger partial charge on any atom is -0.504 e. The van der Waals surface area contributed by atoms with Crippen LogP contribution in [0.25, 0.3) is 0 Å². The SMILES string of the molecule is CONCc1ccc(Br)c(O)c1O. The normalized spacial score (nSPS) is 10.3. The average Bonchev–Trinajstić information content (AvgIpc) is 2.13. The van der Waals surface area contributed by atoms with Crippen molar-refractivity contribution in [3.05, 3.63) is 22.2 Å². The third kappa shape index (κ3) is 2.33. The molecule has 0 bridgehead atoms. The molecule has 3 N–H and O–H groups in total. The molecule has 0 unspecified atom stereocenters. The number of phenolic OH excluding ortho intramolecular Hbond substituents is 2. The Morgan fingerprint density at radius 1 is 1.38 bits per heavy atom. The quantitative estimate of drug-likeness (QED) is 0.560. The number of hydrogen-bond donors (Lipinski definition) is 3. The summed E-state index contributed by atoms with van der Waals surface area (Å²) >= 11 is 3.09. The molecule has 72 valence electrons. The number of hydroxylamine groups is 1. The van der Waals surface area contributed by atoms with E-state index < -0.39 is 0 Å². The van der Waals surface area contributed by atoms with Gasteiger partial charge < -0.3 is 15.1 Å². The molecule has 1 aromatic carbocycles. The minimum absolute atomic E-state index is 0.140. The summed E-state index contributed by atoms with van der Waals surface area (Å²) in [5.41, 5.74) is 3.14. The van der Waals surface area contributed by atoms with E-state index in [9.17, 15) is 10.2 Å². The van der Waals surface area contributed by atoms with Gasteiger partial charge in [0.15, 0.2) is 11.5 Å². The van der Waals surface area contributed by atoms with Crippen LogP contribution in [0.15, 0.2) is 16.6 Å². The molecular formula is C8H10BrNO3. The molecule has 1 rings (SSSR count). The lowest BCUT2D eigenvalue weighted by Crippen LogP contribution is -2.10. The van der Waals surface area contributed by atoms with E-state index >= 15 is 0 Å². The lowest BCUT2D eigenvalue weighted by atomic mass is 10.2. The summed E-state index contributed by atoms with van der Waals surface area (Å²) in [6.45, 7) is 0.336. The van der Waals surface area contributed by atoms with Crippen molar-refractivity contribution in [2.45, 2.75) is 6.54 Å². The van der Waals surface area contributed by atoms with E-state index in [1.807, 2.05) is 0 Å². The number of nitrogens with one attached hydrogen (secondary N) is 1. The van der Waals surface area contributed by atoms with Crippen LogP contribution in [-0.2, 0) is 11.4 Å². The number of aromatic hydroxyl groups is 2. The van der Waals surface area contributed by atoms with Crippen LogP contribution in [-0.4, -0.2) is 17.3 Å². The highest BCUT2D eigenvalue weighted by molar-refractivity contribution is 9.10. The lowest BCUT2D eigenvalue weighted by Gasteiger charge is -2.07. The summed E-state index contributed by atoms with van der Waals surface area (Å²) in [5.74, 6) is -0.297. The zero-order chi connectivity index (χ0) is 9.84. The van der Waals surface area contributed by atoms with Gasteiger partial charge in [0.05, 0.1) is 11.6 Å². The van der Waals surface area contributed by atoms with Gasteiger partial charge in [-0.2, -0.15) is 5.48 Å². The third-order valence-electron chi connectivity index (χ3n) is 1.59. The largest absolute Gasteiger partial charge is 0.504 e. The van der Waals surface area contributed by atoms with Crippen LogP contribution in [0.5, 0.6) is 11.5 Å². The summed E-state index contributed by atoms with van der Waals surface area (Å²) in [6.07, 6.45) is 0. The Labute approximate surface area is 84.2 Å². The molecule has 5 heteroatoms. The van der Waals surface area contributed by atoms with Crippen LogP contribution in [0.4, 0.5) is 0 Å². The van der Waals surface area contributed by atoms with Gasteiger partial charge in [-0.05, 0) is 22.0 Å². The summed E-state index contributed by atoms with van der Waals surface area (Å²) in [7, 11) is 1.48. The van der Waals surface area contributed by atoms with Gasteiger partial charge in [0.2, 0.25) is 0 Å². The van der Waals surface area contributed by atoms with Crippen LogP contribution in [0.3, 0.4) is 0 Å². The Morgan fingerprint density at radius 3 is 2.69 bits per heavy atom. The molecule has 1 aromatic rings. The third-order valence-corrected chi connectivity index (χ3v) is 2.23. The predicted molar refractivity (Wildman–Crippen MR) is 51.3 cm³/mol. The van der Waals surface area contributed by atoms with Crippen LogP contribution >= 0.6 is 15.9 Å². The van der Waals surface area contributed by atoms with E-state index in [1.165, 1.54) is 7.11 Å². The van der Waals surface area contributed by atoms with Crippen molar-refractivity contribution < 1.29 is 15.1 Å². The number of halogens is 1. The molecule has 0 fully saturated rings. The maximum Gasteiger partial charge on any atom is 0.172 e. The van der Waals surface area contributed by atoms with E-state index in [4.69, 9.17) is 0 Å². The van der Waals surface area contributed by atoms with Crippen molar-refractivity contribution in [3.63, 3.8) is 0 Å². The first-order chi connectivity index (χ1) is 6.16. The molecule has 0 saturated carbocycles. The smallest absolute Gasteiger partial charge is 0.172 e. The van der Waals surface area contributed by atoms with Gasteiger partial charge >= 0.3 is 0 Å². The first-order valence-corrected chi connectivity index (χ1v) is 4.41. The van der Waals surface area contributed by atoms with E-state index in [0.717, 1.165) is 0 Å². The molecule has 0 heterocycles. The summed E-state index contributed by atoms with van der Waals surface area (Å²) in [6, 6.07) is 3.34. The van der Waals surface area contributed by atoms with Gasteiger partial charge in [0.25, 0.3) is 0 Å². The topological polar surface area (TPSA) is 61.7 Å². The maximum atomic E-state index is 9.43. The fourth-order valence-electron chi connectivity index (χ4n) is 0.889. The first kappa shape index (κ1) is 10.3. The van der Waals surface area contributed by atoms with Gasteiger partial charge in [-0.25, -0.2) is 0 Å². The second kappa shape index (κ2) is 4.45. The van der Waals surface area contributed by atoms with Crippen molar-refractivity contribution in [2.24, 2.45) is 0 Å². The van der Waals surface area contributed by atoms with E-state index in [-0.39, 0.29) is 11.5 Å². The Bertz CT molecular complexity index is 304. The van der Waals surface area contributed by atoms with Crippen molar-refractivity contribution >= 4 is 15.9 Å². The predicted octanol–water partition coefficient (Wildman–Crippen LogP) is 1.51. The van der Waals surface area contributed by atoms with E-state index in [0.29, 0.717) is 16.6 Å². The fourth-order valence-corrected chi connectivity index (χ4v) is 1.21. The van der Waals surface area contributed by atoms with Crippen molar-refractivity contribution in [3.8, 4) is 11.5 Å². The van der Waals surface area contributed by atoms with Crippen molar-refractivity contribution in [1.82, 2.24) is 5.48 Å². The van der Waals surface area contributed by atoms with Gasteiger partial charge in [-0.15, -0.1) is 0 Å². The number of phenols is 2. The molecule has 0 spiro atoms. The van der Waals surface area contributed by atoms with Gasteiger partial charge in [0, 0.05) is 12.1 Å². The minimum atomic E-state index is -0.157. The Hall–Kier alpha value is -0.780. The zero-order valence-corrected chi connectivity index (χ0v) is 8.63. The Balaban J connectivity index is 2.90. The van der Waals surface area contributed by atoms with Crippen molar-refractivity contribution in [1.29, 1.82) is 0 Å². The van der Waals surface area contributed by atoms with E-state index in [2.05, 4.69) is 26.2 Å². The molecule has 0 aliphatic heterocycles. The number of hydrogen-bond acceptors (Lipinski definition) is 4. The lowest BCUT2D eigenvalue weighted by molar-refractivity contribution is 0.0860. The van der Waals surface area contributed by atoms with Crippen LogP contribution in [0.1, 0.15) is 5.56 Å². The highest BCUT2D eigenvalue weighted by Gasteiger charge is 2.08. The molecule has 0 amide bonds. The van der Waals surface area contributed by atoms with Gasteiger partial charge in [-0.3, -0.25) is 0 Å². The molecule has 0 aromatic heterocycles. The van der Waals surface area contributed by atoms with Crippen LogP contribution in [0.2, 0.25) is 0 Å². The van der Waals surface area contributed by atoms with Crippen LogP contribution in [0, 0.1) is 0 Å². The Morgan fingerprint density at radius 2 is 2.08 bits per heavy atom. The molecule has 0 atom stereocenters. The monoisotopic (exact) mass is 247 g/mol. The standard InChI is InChI=1S/C8H10BrNO3/c1-13-10-4-5-2-3-6(9)8(12)7(5)11/h2-3,10-12H,4H2,1H3. The number of rotatable bonds is 3.